The number of nitrogen functional groups attached to an aromatic ring is 1. The van der Waals surface area contributed by atoms with Crippen molar-refractivity contribution >= 4 is 17.4 Å². The number of pyridine rings is 1. The Morgan fingerprint density at radius 2 is 2.23 bits per heavy atom. The van der Waals surface area contributed by atoms with Crippen LogP contribution in [-0.2, 0) is 6.61 Å². The van der Waals surface area contributed by atoms with Gasteiger partial charge < -0.3 is 10.8 Å². The summed E-state index contributed by atoms with van der Waals surface area (Å²) in [6.45, 7) is -0.424. The van der Waals surface area contributed by atoms with Gasteiger partial charge in [-0.1, -0.05) is 11.6 Å². The van der Waals surface area contributed by atoms with E-state index in [0.717, 1.165) is 6.07 Å². The van der Waals surface area contributed by atoms with Crippen molar-refractivity contribution in [3.63, 3.8) is 0 Å². The maximum absolute atomic E-state index is 12.2. The van der Waals surface area contributed by atoms with E-state index < -0.39 is 18.6 Å². The van der Waals surface area contributed by atoms with Crippen LogP contribution < -0.4 is 5.73 Å². The number of alkyl halides is 2. The summed E-state index contributed by atoms with van der Waals surface area (Å²) in [5.41, 5.74) is 4.89. The molecule has 3 N–H and O–H groups in total. The molecule has 0 aliphatic rings. The first-order valence-electron chi connectivity index (χ1n) is 3.40. The molecule has 13 heavy (non-hydrogen) atoms. The van der Waals surface area contributed by atoms with Crippen molar-refractivity contribution in [2.45, 2.75) is 13.0 Å². The molecule has 1 aromatic heterocycles. The minimum Gasteiger partial charge on any atom is -0.390 e. The Balaban J connectivity index is 3.20. The Labute approximate surface area is 78.1 Å². The SMILES string of the molecule is Nc1nc(CO)c(Cl)cc1C(F)F. The second kappa shape index (κ2) is 3.85. The summed E-state index contributed by atoms with van der Waals surface area (Å²) >= 11 is 5.53. The third kappa shape index (κ3) is 2.05. The lowest BCUT2D eigenvalue weighted by Gasteiger charge is -2.06. The van der Waals surface area contributed by atoms with Gasteiger partial charge in [-0.05, 0) is 6.07 Å². The lowest BCUT2D eigenvalue weighted by molar-refractivity contribution is 0.151. The largest absolute Gasteiger partial charge is 0.390 e. The van der Waals surface area contributed by atoms with Crippen molar-refractivity contribution in [2.75, 3.05) is 5.73 Å². The molecular formula is C7H7ClF2N2O. The topological polar surface area (TPSA) is 59.1 Å². The fourth-order valence-electron chi connectivity index (χ4n) is 0.843. The molecule has 0 aromatic carbocycles. The maximum atomic E-state index is 12.2. The first kappa shape index (κ1) is 10.1. The fourth-order valence-corrected chi connectivity index (χ4v) is 1.06. The Bertz CT molecular complexity index is 320. The van der Waals surface area contributed by atoms with Crippen molar-refractivity contribution in [1.29, 1.82) is 0 Å². The number of hydrogen-bond donors (Lipinski definition) is 2. The first-order chi connectivity index (χ1) is 6.06. The molecule has 0 aliphatic carbocycles. The molecular weight excluding hydrogens is 202 g/mol. The van der Waals surface area contributed by atoms with Gasteiger partial charge >= 0.3 is 0 Å². The predicted molar refractivity (Wildman–Crippen MR) is 44.5 cm³/mol. The number of nitrogens with two attached hydrogens (primary N) is 1. The third-order valence-corrected chi connectivity index (χ3v) is 1.82. The second-order valence-electron chi connectivity index (χ2n) is 2.35. The average Bonchev–Trinajstić information content (AvgIpc) is 2.07. The lowest BCUT2D eigenvalue weighted by Crippen LogP contribution is -2.02. The Kier molecular flexibility index (Phi) is 3.00. The average molecular weight is 209 g/mol. The highest BCUT2D eigenvalue weighted by atomic mass is 35.5. The Hall–Kier alpha value is -0.940. The molecule has 1 aromatic rings. The van der Waals surface area contributed by atoms with E-state index in [4.69, 9.17) is 22.4 Å². The highest BCUT2D eigenvalue weighted by Crippen LogP contribution is 2.27. The minimum atomic E-state index is -2.71. The van der Waals surface area contributed by atoms with Crippen molar-refractivity contribution in [3.8, 4) is 0 Å². The van der Waals surface area contributed by atoms with Crippen LogP contribution in [0.4, 0.5) is 14.6 Å². The molecule has 0 fully saturated rings. The summed E-state index contributed by atoms with van der Waals surface area (Å²) in [6.07, 6.45) is -2.71. The van der Waals surface area contributed by atoms with E-state index in [0.29, 0.717) is 0 Å². The molecule has 0 amide bonds. The second-order valence-corrected chi connectivity index (χ2v) is 2.76. The quantitative estimate of drug-likeness (QED) is 0.779. The van der Waals surface area contributed by atoms with Gasteiger partial charge in [0.05, 0.1) is 22.9 Å². The number of aromatic nitrogens is 1. The summed E-state index contributed by atoms with van der Waals surface area (Å²) < 4.78 is 24.4. The molecule has 0 aliphatic heterocycles. The fraction of sp³-hybridized carbons (Fsp3) is 0.286. The summed E-state index contributed by atoms with van der Waals surface area (Å²) in [5, 5.41) is 8.67. The van der Waals surface area contributed by atoms with Crippen LogP contribution in [-0.4, -0.2) is 10.1 Å². The van der Waals surface area contributed by atoms with Gasteiger partial charge in [0.2, 0.25) is 0 Å². The lowest BCUT2D eigenvalue weighted by atomic mass is 10.2. The molecule has 72 valence electrons. The van der Waals surface area contributed by atoms with E-state index in [9.17, 15) is 8.78 Å². The van der Waals surface area contributed by atoms with Gasteiger partial charge in [0.1, 0.15) is 5.82 Å². The number of nitrogens with zero attached hydrogens (tertiary/aromatic N) is 1. The van der Waals surface area contributed by atoms with E-state index in [-0.39, 0.29) is 16.5 Å². The van der Waals surface area contributed by atoms with Gasteiger partial charge in [-0.25, -0.2) is 13.8 Å². The van der Waals surface area contributed by atoms with E-state index in [1.807, 2.05) is 0 Å². The van der Waals surface area contributed by atoms with Crippen LogP contribution in [0.15, 0.2) is 6.07 Å². The number of halogens is 3. The number of aliphatic hydroxyl groups excluding tert-OH is 1. The molecule has 0 spiro atoms. The molecule has 0 bridgehead atoms. The van der Waals surface area contributed by atoms with Crippen molar-refractivity contribution in [3.05, 3.63) is 22.3 Å². The molecule has 0 unspecified atom stereocenters. The molecule has 1 rings (SSSR count). The maximum Gasteiger partial charge on any atom is 0.267 e. The monoisotopic (exact) mass is 208 g/mol. The molecule has 6 heteroatoms. The summed E-state index contributed by atoms with van der Waals surface area (Å²) in [4.78, 5) is 3.53. The molecule has 0 atom stereocenters. The predicted octanol–water partition coefficient (Wildman–Crippen LogP) is 1.75. The van der Waals surface area contributed by atoms with Gasteiger partial charge in [-0.15, -0.1) is 0 Å². The zero-order valence-corrected chi connectivity index (χ0v) is 7.22. The van der Waals surface area contributed by atoms with Crippen LogP contribution in [0.2, 0.25) is 5.02 Å². The smallest absolute Gasteiger partial charge is 0.267 e. The van der Waals surface area contributed by atoms with E-state index in [2.05, 4.69) is 4.98 Å². The van der Waals surface area contributed by atoms with Crippen molar-refractivity contribution < 1.29 is 13.9 Å². The third-order valence-electron chi connectivity index (χ3n) is 1.49. The van der Waals surface area contributed by atoms with E-state index in [1.165, 1.54) is 0 Å². The van der Waals surface area contributed by atoms with Crippen LogP contribution in [0.3, 0.4) is 0 Å². The Morgan fingerprint density at radius 3 is 2.69 bits per heavy atom. The summed E-state index contributed by atoms with van der Waals surface area (Å²) in [5.74, 6) is -0.302. The molecule has 0 radical (unpaired) electrons. The summed E-state index contributed by atoms with van der Waals surface area (Å²) in [7, 11) is 0. The van der Waals surface area contributed by atoms with Crippen molar-refractivity contribution in [2.24, 2.45) is 0 Å². The van der Waals surface area contributed by atoms with Gasteiger partial charge in [-0.3, -0.25) is 0 Å². The number of hydrogen-bond acceptors (Lipinski definition) is 3. The van der Waals surface area contributed by atoms with Gasteiger partial charge in [0.15, 0.2) is 0 Å². The highest BCUT2D eigenvalue weighted by molar-refractivity contribution is 6.31. The van der Waals surface area contributed by atoms with Crippen LogP contribution in [0.5, 0.6) is 0 Å². The van der Waals surface area contributed by atoms with Gasteiger partial charge in [0, 0.05) is 0 Å². The molecule has 1 heterocycles. The normalized spacial score (nSPS) is 10.8. The number of rotatable bonds is 2. The molecule has 0 saturated heterocycles. The zero-order valence-electron chi connectivity index (χ0n) is 6.47. The Morgan fingerprint density at radius 1 is 1.62 bits per heavy atom. The van der Waals surface area contributed by atoms with Crippen LogP contribution in [0.1, 0.15) is 17.7 Å². The van der Waals surface area contributed by atoms with Crippen LogP contribution in [0.25, 0.3) is 0 Å². The van der Waals surface area contributed by atoms with Crippen LogP contribution >= 0.6 is 11.6 Å². The first-order valence-corrected chi connectivity index (χ1v) is 3.78. The van der Waals surface area contributed by atoms with Crippen molar-refractivity contribution in [1.82, 2.24) is 4.98 Å². The highest BCUT2D eigenvalue weighted by Gasteiger charge is 2.15. The van der Waals surface area contributed by atoms with E-state index in [1.54, 1.807) is 0 Å². The molecule has 0 saturated carbocycles. The van der Waals surface area contributed by atoms with Crippen LogP contribution in [0, 0.1) is 0 Å². The number of anilines is 1. The minimum absolute atomic E-state index is 0.00741. The van der Waals surface area contributed by atoms with E-state index >= 15 is 0 Å². The van der Waals surface area contributed by atoms with Gasteiger partial charge in [-0.2, -0.15) is 0 Å². The van der Waals surface area contributed by atoms with Gasteiger partial charge in [0.25, 0.3) is 6.43 Å². The standard InChI is InChI=1S/C7H7ClF2N2O/c8-4-1-3(6(9)10)7(11)12-5(4)2-13/h1,6,13H,2H2,(H2,11,12). The molecule has 3 nitrogen and oxygen atoms in total. The zero-order chi connectivity index (χ0) is 10.0. The number of aliphatic hydroxyl groups is 1. The summed E-state index contributed by atoms with van der Waals surface area (Å²) in [6, 6.07) is 1.01.